The third-order valence-electron chi connectivity index (χ3n) is 5.05. The minimum Gasteiger partial charge on any atom is -0.464 e. The number of benzene rings is 3. The number of amides is 1. The molecular formula is C27H19ClN2O5. The lowest BCUT2D eigenvalue weighted by Crippen LogP contribution is -2.11. The predicted octanol–water partition coefficient (Wildman–Crippen LogP) is 5.93. The van der Waals surface area contributed by atoms with Crippen LogP contribution in [-0.4, -0.2) is 29.9 Å². The molecule has 0 spiro atoms. The summed E-state index contributed by atoms with van der Waals surface area (Å²) in [4.78, 5) is 36.6. The van der Waals surface area contributed by atoms with Gasteiger partial charge in [0.25, 0.3) is 5.91 Å². The zero-order valence-electron chi connectivity index (χ0n) is 18.5. The maximum atomic E-state index is 12.7. The van der Waals surface area contributed by atoms with Crippen LogP contribution in [0, 0.1) is 0 Å². The Morgan fingerprint density at radius 1 is 0.971 bits per heavy atom. The van der Waals surface area contributed by atoms with E-state index in [0.717, 1.165) is 5.56 Å². The van der Waals surface area contributed by atoms with E-state index in [1.165, 1.54) is 19.3 Å². The summed E-state index contributed by atoms with van der Waals surface area (Å²) >= 11 is 6.06. The van der Waals surface area contributed by atoms with Gasteiger partial charge in [-0.2, -0.15) is 0 Å². The Bertz CT molecular complexity index is 1420. The number of carbonyl (C=O) groups excluding carboxylic acids is 3. The molecular weight excluding hydrogens is 468 g/mol. The lowest BCUT2D eigenvalue weighted by Gasteiger charge is -2.07. The molecule has 0 atom stereocenters. The Hall–Kier alpha value is -4.49. The topological polar surface area (TPSA) is 98.5 Å². The van der Waals surface area contributed by atoms with Gasteiger partial charge in [-0.15, -0.1) is 0 Å². The first kappa shape index (κ1) is 23.7. The molecule has 8 heteroatoms. The number of ether oxygens (including phenoxy) is 1. The molecule has 4 aromatic rings. The second-order valence-electron chi connectivity index (χ2n) is 7.40. The second kappa shape index (κ2) is 10.6. The van der Waals surface area contributed by atoms with Crippen LogP contribution >= 0.6 is 11.6 Å². The molecule has 0 aliphatic rings. The first-order chi connectivity index (χ1) is 16.9. The largest absolute Gasteiger partial charge is 0.464 e. The number of hydrogen-bond acceptors (Lipinski definition) is 6. The van der Waals surface area contributed by atoms with Gasteiger partial charge >= 0.3 is 5.97 Å². The number of aromatic nitrogens is 1. The van der Waals surface area contributed by atoms with Crippen LogP contribution in [0.25, 0.3) is 17.4 Å². The van der Waals surface area contributed by atoms with E-state index in [1.807, 2.05) is 0 Å². The summed E-state index contributed by atoms with van der Waals surface area (Å²) in [7, 11) is 1.26. The van der Waals surface area contributed by atoms with Crippen molar-refractivity contribution in [3.63, 3.8) is 0 Å². The number of anilines is 1. The lowest BCUT2D eigenvalue weighted by atomic mass is 10.1. The van der Waals surface area contributed by atoms with Gasteiger partial charge in [0, 0.05) is 28.4 Å². The Balaban J connectivity index is 1.42. The highest BCUT2D eigenvalue weighted by molar-refractivity contribution is 6.34. The fourth-order valence-corrected chi connectivity index (χ4v) is 3.46. The average Bonchev–Trinajstić information content (AvgIpc) is 3.38. The maximum Gasteiger partial charge on any atom is 0.360 e. The molecule has 1 aromatic heterocycles. The van der Waals surface area contributed by atoms with Crippen molar-refractivity contribution in [2.75, 3.05) is 12.4 Å². The van der Waals surface area contributed by atoms with E-state index in [2.05, 4.69) is 15.2 Å². The average molecular weight is 487 g/mol. The molecule has 0 aliphatic carbocycles. The zero-order valence-corrected chi connectivity index (χ0v) is 19.3. The normalized spacial score (nSPS) is 10.8. The van der Waals surface area contributed by atoms with Gasteiger partial charge in [-0.25, -0.2) is 4.79 Å². The van der Waals surface area contributed by atoms with Crippen LogP contribution in [0.1, 0.15) is 36.8 Å². The van der Waals surface area contributed by atoms with Crippen molar-refractivity contribution in [3.05, 3.63) is 112 Å². The molecule has 7 nitrogen and oxygen atoms in total. The number of allylic oxidation sites excluding steroid dienone is 1. The highest BCUT2D eigenvalue weighted by Crippen LogP contribution is 2.24. The molecule has 0 aliphatic heterocycles. The van der Waals surface area contributed by atoms with Crippen molar-refractivity contribution in [3.8, 4) is 11.3 Å². The van der Waals surface area contributed by atoms with E-state index in [9.17, 15) is 14.4 Å². The molecule has 0 radical (unpaired) electrons. The monoisotopic (exact) mass is 486 g/mol. The van der Waals surface area contributed by atoms with Crippen LogP contribution in [0.15, 0.2) is 89.5 Å². The number of methoxy groups -OCH3 is 1. The molecule has 1 heterocycles. The second-order valence-corrected chi connectivity index (χ2v) is 7.81. The van der Waals surface area contributed by atoms with E-state index < -0.39 is 5.97 Å². The minimum atomic E-state index is -0.601. The van der Waals surface area contributed by atoms with Crippen LogP contribution in [0.5, 0.6) is 0 Å². The molecule has 1 N–H and O–H groups in total. The van der Waals surface area contributed by atoms with Crippen molar-refractivity contribution in [1.29, 1.82) is 0 Å². The van der Waals surface area contributed by atoms with Gasteiger partial charge in [-0.1, -0.05) is 59.2 Å². The Kier molecular flexibility index (Phi) is 7.18. The Morgan fingerprint density at radius 3 is 2.49 bits per heavy atom. The van der Waals surface area contributed by atoms with E-state index in [-0.39, 0.29) is 17.4 Å². The van der Waals surface area contributed by atoms with Gasteiger partial charge < -0.3 is 14.6 Å². The first-order valence-electron chi connectivity index (χ1n) is 10.5. The van der Waals surface area contributed by atoms with Crippen LogP contribution in [0.2, 0.25) is 5.02 Å². The minimum absolute atomic E-state index is 0.0552. The molecule has 0 bridgehead atoms. The zero-order chi connectivity index (χ0) is 24.8. The van der Waals surface area contributed by atoms with Crippen LogP contribution in [-0.2, 0) is 4.74 Å². The van der Waals surface area contributed by atoms with E-state index in [4.69, 9.17) is 16.1 Å². The standard InChI is InChI=1S/C27H19ClN2O5/c1-34-27(33)23-16-25(35-30-23)19-5-4-6-20(15-19)29-26(32)18-12-9-17(10-13-18)11-14-24(31)21-7-2-3-8-22(21)28/h2-16H,1H3,(H,29,32)/b14-11+. The molecule has 4 rings (SSSR count). The number of rotatable bonds is 7. The number of nitrogens with one attached hydrogen (secondary N) is 1. The molecule has 0 fully saturated rings. The summed E-state index contributed by atoms with van der Waals surface area (Å²) in [6, 6.07) is 22.1. The van der Waals surface area contributed by atoms with E-state index in [1.54, 1.807) is 78.9 Å². The van der Waals surface area contributed by atoms with E-state index in [0.29, 0.717) is 33.2 Å². The van der Waals surface area contributed by atoms with Gasteiger partial charge in [-0.3, -0.25) is 9.59 Å². The van der Waals surface area contributed by atoms with Gasteiger partial charge in [0.1, 0.15) is 0 Å². The van der Waals surface area contributed by atoms with Gasteiger partial charge in [0.15, 0.2) is 17.2 Å². The third kappa shape index (κ3) is 5.72. The third-order valence-corrected chi connectivity index (χ3v) is 5.38. The number of carbonyl (C=O) groups is 3. The highest BCUT2D eigenvalue weighted by atomic mass is 35.5. The molecule has 3 aromatic carbocycles. The predicted molar refractivity (Wildman–Crippen MR) is 132 cm³/mol. The number of halogens is 1. The summed E-state index contributed by atoms with van der Waals surface area (Å²) in [5.74, 6) is -0.750. The molecule has 1 amide bonds. The van der Waals surface area contributed by atoms with Crippen molar-refractivity contribution in [1.82, 2.24) is 5.16 Å². The van der Waals surface area contributed by atoms with Crippen molar-refractivity contribution in [2.45, 2.75) is 0 Å². The molecule has 0 saturated heterocycles. The molecule has 0 saturated carbocycles. The molecule has 174 valence electrons. The van der Waals surface area contributed by atoms with E-state index >= 15 is 0 Å². The van der Waals surface area contributed by atoms with Crippen LogP contribution in [0.4, 0.5) is 5.69 Å². The summed E-state index contributed by atoms with van der Waals surface area (Å²) in [5.41, 5.74) is 2.86. The summed E-state index contributed by atoms with van der Waals surface area (Å²) < 4.78 is 9.83. The summed E-state index contributed by atoms with van der Waals surface area (Å²) in [6.45, 7) is 0. The van der Waals surface area contributed by atoms with Crippen molar-refractivity contribution in [2.24, 2.45) is 0 Å². The number of esters is 1. The summed E-state index contributed by atoms with van der Waals surface area (Å²) in [5, 5.41) is 6.91. The quantitative estimate of drug-likeness (QED) is 0.197. The van der Waals surface area contributed by atoms with Crippen molar-refractivity contribution < 1.29 is 23.6 Å². The smallest absolute Gasteiger partial charge is 0.360 e. The lowest BCUT2D eigenvalue weighted by molar-refractivity contribution is 0.0589. The SMILES string of the molecule is COC(=O)c1cc(-c2cccc(NC(=O)c3ccc(/C=C/C(=O)c4ccccc4Cl)cc3)c2)on1. The number of ketones is 1. The summed E-state index contributed by atoms with van der Waals surface area (Å²) in [6.07, 6.45) is 3.10. The van der Waals surface area contributed by atoms with Crippen LogP contribution < -0.4 is 5.32 Å². The van der Waals surface area contributed by atoms with Gasteiger partial charge in [0.05, 0.1) is 12.1 Å². The fourth-order valence-electron chi connectivity index (χ4n) is 3.23. The number of nitrogens with zero attached hydrogens (tertiary/aromatic N) is 1. The molecule has 35 heavy (non-hydrogen) atoms. The van der Waals surface area contributed by atoms with Crippen molar-refractivity contribution >= 4 is 41.0 Å². The fraction of sp³-hybridized carbons (Fsp3) is 0.0370. The first-order valence-corrected chi connectivity index (χ1v) is 10.9. The maximum absolute atomic E-state index is 12.7. The Labute approximate surface area is 206 Å². The highest BCUT2D eigenvalue weighted by Gasteiger charge is 2.14. The Morgan fingerprint density at radius 2 is 1.74 bits per heavy atom. The van der Waals surface area contributed by atoms with Crippen LogP contribution in [0.3, 0.4) is 0 Å². The molecule has 0 unspecified atom stereocenters. The number of hydrogen-bond donors (Lipinski definition) is 1. The van der Waals surface area contributed by atoms with Gasteiger partial charge in [0.2, 0.25) is 0 Å². The van der Waals surface area contributed by atoms with Gasteiger partial charge in [-0.05, 0) is 48.0 Å².